The number of aromatic nitrogens is 2. The average Bonchev–Trinajstić information content (AvgIpc) is 3.64. The zero-order valence-electron chi connectivity index (χ0n) is 20.7. The molecule has 2 N–H and O–H groups in total. The maximum atomic E-state index is 13.6. The molecule has 2 aromatic rings. The molecule has 7 heteroatoms. The van der Waals surface area contributed by atoms with Crippen LogP contribution in [-0.2, 0) is 6.42 Å². The summed E-state index contributed by atoms with van der Waals surface area (Å²) >= 11 is 0. The number of amides is 1. The summed E-state index contributed by atoms with van der Waals surface area (Å²) < 4.78 is 0. The van der Waals surface area contributed by atoms with Crippen LogP contribution < -0.4 is 10.6 Å². The van der Waals surface area contributed by atoms with Crippen LogP contribution in [0.15, 0.2) is 36.5 Å². The van der Waals surface area contributed by atoms with E-state index in [0.717, 1.165) is 38.9 Å². The molecular formula is C28H36N6O. The van der Waals surface area contributed by atoms with Crippen LogP contribution in [0.3, 0.4) is 0 Å². The summed E-state index contributed by atoms with van der Waals surface area (Å²) in [5, 5.41) is 16.2. The number of hydrogen-bond acceptors (Lipinski definition) is 6. The largest absolute Gasteiger partial charge is 0.369 e. The van der Waals surface area contributed by atoms with Crippen LogP contribution in [0.2, 0.25) is 0 Å². The normalized spacial score (nSPS) is 21.3. The lowest BCUT2D eigenvalue weighted by Crippen LogP contribution is -2.56. The van der Waals surface area contributed by atoms with E-state index in [4.69, 9.17) is 0 Å². The Morgan fingerprint density at radius 3 is 2.49 bits per heavy atom. The first-order valence-electron chi connectivity index (χ1n) is 13.0. The van der Waals surface area contributed by atoms with Gasteiger partial charge in [-0.25, -0.2) is 9.97 Å². The third kappa shape index (κ3) is 5.65. The summed E-state index contributed by atoms with van der Waals surface area (Å²) in [6.07, 6.45) is 11.9. The fraction of sp³-hybridized carbons (Fsp3) is 0.571. The monoisotopic (exact) mass is 472 g/mol. The molecule has 184 valence electrons. The van der Waals surface area contributed by atoms with E-state index in [2.05, 4.69) is 44.7 Å². The fourth-order valence-corrected chi connectivity index (χ4v) is 5.84. The van der Waals surface area contributed by atoms with Gasteiger partial charge in [0.25, 0.3) is 5.91 Å². The second-order valence-electron chi connectivity index (χ2n) is 11.1. The summed E-state index contributed by atoms with van der Waals surface area (Å²) in [6, 6.07) is 12.4. The minimum atomic E-state index is -0.321. The number of nitrogens with one attached hydrogen (secondary N) is 2. The van der Waals surface area contributed by atoms with Gasteiger partial charge in [0.2, 0.25) is 5.82 Å². The van der Waals surface area contributed by atoms with Crippen LogP contribution in [0, 0.1) is 22.7 Å². The predicted octanol–water partition coefficient (Wildman–Crippen LogP) is 4.17. The third-order valence-electron chi connectivity index (χ3n) is 8.52. The number of piperidine rings is 1. The van der Waals surface area contributed by atoms with Crippen LogP contribution in [0.1, 0.15) is 73.1 Å². The van der Waals surface area contributed by atoms with Crippen LogP contribution >= 0.6 is 0 Å². The number of carbonyl (C=O) groups excluding carboxylic acids is 1. The van der Waals surface area contributed by atoms with Crippen molar-refractivity contribution in [2.24, 2.45) is 11.3 Å². The van der Waals surface area contributed by atoms with Crippen molar-refractivity contribution in [2.75, 3.05) is 32.0 Å². The van der Waals surface area contributed by atoms with Gasteiger partial charge in [0.15, 0.2) is 0 Å². The second-order valence-corrected chi connectivity index (χ2v) is 11.1. The van der Waals surface area contributed by atoms with E-state index < -0.39 is 0 Å². The van der Waals surface area contributed by atoms with E-state index in [1.54, 1.807) is 0 Å². The number of hydrogen-bond donors (Lipinski definition) is 2. The fourth-order valence-electron chi connectivity index (χ4n) is 5.84. The van der Waals surface area contributed by atoms with Crippen molar-refractivity contribution in [1.29, 1.82) is 5.26 Å². The lowest BCUT2D eigenvalue weighted by Gasteiger charge is -2.41. The van der Waals surface area contributed by atoms with Crippen molar-refractivity contribution in [1.82, 2.24) is 20.2 Å². The smallest absolute Gasteiger partial charge is 0.257 e. The summed E-state index contributed by atoms with van der Waals surface area (Å²) in [5.41, 5.74) is 1.98. The van der Waals surface area contributed by atoms with Crippen LogP contribution in [0.25, 0.3) is 0 Å². The van der Waals surface area contributed by atoms with E-state index in [9.17, 15) is 10.1 Å². The summed E-state index contributed by atoms with van der Waals surface area (Å²) in [5.74, 6) is 0.973. The Hall–Kier alpha value is -2.98. The molecule has 7 nitrogen and oxygen atoms in total. The SMILES string of the molecule is CN1CCC(Cc2ccccc2)(NC(=O)c2cnc(C#N)nc2NCC2CCC3(CC2)CC3)CC1. The standard InChI is InChI=1S/C28H36N6O/c1-34-15-13-28(14-16-34,17-21-5-3-2-4-6-21)33-26(35)23-20-30-24(18-29)32-25(23)31-19-22-7-9-27(10-8-22)11-12-27/h2-6,20,22H,7-17,19H2,1H3,(H,33,35)(H,30,31,32). The molecule has 5 rings (SSSR count). The first-order chi connectivity index (χ1) is 17.0. The van der Waals surface area contributed by atoms with Gasteiger partial charge in [-0.3, -0.25) is 4.79 Å². The van der Waals surface area contributed by atoms with Gasteiger partial charge in [-0.15, -0.1) is 0 Å². The van der Waals surface area contributed by atoms with E-state index in [1.165, 1.54) is 50.3 Å². The van der Waals surface area contributed by atoms with Crippen molar-refractivity contribution in [3.63, 3.8) is 0 Å². The first kappa shape index (κ1) is 23.7. The zero-order chi connectivity index (χ0) is 24.3. The third-order valence-corrected chi connectivity index (χ3v) is 8.52. The molecule has 0 radical (unpaired) electrons. The summed E-state index contributed by atoms with van der Waals surface area (Å²) in [7, 11) is 2.13. The molecule has 1 spiro atoms. The van der Waals surface area contributed by atoms with Crippen LogP contribution in [0.5, 0.6) is 0 Å². The second kappa shape index (κ2) is 9.94. The highest BCUT2D eigenvalue weighted by Gasteiger charge is 2.44. The minimum absolute atomic E-state index is 0.0860. The van der Waals surface area contributed by atoms with Crippen LogP contribution in [-0.4, -0.2) is 53.0 Å². The van der Waals surface area contributed by atoms with Crippen molar-refractivity contribution in [2.45, 2.75) is 63.3 Å². The topological polar surface area (TPSA) is 93.9 Å². The summed E-state index contributed by atoms with van der Waals surface area (Å²) in [4.78, 5) is 24.5. The molecule has 0 atom stereocenters. The van der Waals surface area contributed by atoms with Gasteiger partial charge in [0, 0.05) is 31.4 Å². The number of benzene rings is 1. The Morgan fingerprint density at radius 1 is 1.11 bits per heavy atom. The highest BCUT2D eigenvalue weighted by molar-refractivity contribution is 5.99. The minimum Gasteiger partial charge on any atom is -0.369 e. The Kier molecular flexibility index (Phi) is 6.75. The number of carbonyl (C=O) groups is 1. The molecule has 0 bridgehead atoms. The van der Waals surface area contributed by atoms with E-state index in [1.807, 2.05) is 24.3 Å². The van der Waals surface area contributed by atoms with Crippen molar-refractivity contribution < 1.29 is 4.79 Å². The van der Waals surface area contributed by atoms with Crippen molar-refractivity contribution in [3.8, 4) is 6.07 Å². The molecule has 0 unspecified atom stereocenters. The summed E-state index contributed by atoms with van der Waals surface area (Å²) in [6.45, 7) is 2.65. The quantitative estimate of drug-likeness (QED) is 0.628. The Labute approximate surface area is 208 Å². The van der Waals surface area contributed by atoms with E-state index in [-0.39, 0.29) is 17.3 Å². The number of nitrogens with zero attached hydrogens (tertiary/aromatic N) is 4. The molecule has 2 heterocycles. The van der Waals surface area contributed by atoms with Gasteiger partial charge >= 0.3 is 0 Å². The Balaban J connectivity index is 1.31. The molecule has 2 saturated carbocycles. The molecule has 1 aromatic heterocycles. The highest BCUT2D eigenvalue weighted by atomic mass is 16.1. The Bertz CT molecular complexity index is 1070. The number of rotatable bonds is 7. The number of anilines is 1. The molecule has 3 fully saturated rings. The van der Waals surface area contributed by atoms with Gasteiger partial charge in [0.05, 0.1) is 0 Å². The molecular weight excluding hydrogens is 436 g/mol. The first-order valence-corrected chi connectivity index (χ1v) is 13.0. The predicted molar refractivity (Wildman–Crippen MR) is 136 cm³/mol. The van der Waals surface area contributed by atoms with Crippen molar-refractivity contribution in [3.05, 3.63) is 53.5 Å². The lowest BCUT2D eigenvalue weighted by atomic mass is 9.80. The van der Waals surface area contributed by atoms with Gasteiger partial charge < -0.3 is 15.5 Å². The number of likely N-dealkylation sites (tertiary alicyclic amines) is 1. The highest BCUT2D eigenvalue weighted by Crippen LogP contribution is 2.57. The van der Waals surface area contributed by atoms with E-state index >= 15 is 0 Å². The molecule has 35 heavy (non-hydrogen) atoms. The van der Waals surface area contributed by atoms with Gasteiger partial charge in [-0.2, -0.15) is 5.26 Å². The molecule has 3 aliphatic rings. The maximum Gasteiger partial charge on any atom is 0.257 e. The molecule has 1 saturated heterocycles. The lowest BCUT2D eigenvalue weighted by molar-refractivity contribution is 0.0829. The van der Waals surface area contributed by atoms with Gasteiger partial charge in [-0.05, 0) is 81.7 Å². The van der Waals surface area contributed by atoms with Crippen molar-refractivity contribution >= 4 is 11.7 Å². The van der Waals surface area contributed by atoms with Gasteiger partial charge in [-0.1, -0.05) is 30.3 Å². The van der Waals surface area contributed by atoms with E-state index in [0.29, 0.717) is 22.7 Å². The molecule has 1 amide bonds. The Morgan fingerprint density at radius 2 is 1.83 bits per heavy atom. The molecule has 1 aliphatic heterocycles. The van der Waals surface area contributed by atoms with Gasteiger partial charge in [0.1, 0.15) is 17.5 Å². The zero-order valence-corrected chi connectivity index (χ0v) is 20.7. The number of nitriles is 1. The van der Waals surface area contributed by atoms with Crippen LogP contribution in [0.4, 0.5) is 5.82 Å². The molecule has 2 aliphatic carbocycles. The average molecular weight is 473 g/mol. The molecule has 1 aromatic carbocycles. The maximum absolute atomic E-state index is 13.6.